The second kappa shape index (κ2) is 12.2. The van der Waals surface area contributed by atoms with E-state index in [2.05, 4.69) is 30.3 Å². The van der Waals surface area contributed by atoms with Crippen molar-refractivity contribution in [2.24, 2.45) is 7.05 Å². The molecule has 0 fully saturated rings. The van der Waals surface area contributed by atoms with Crippen molar-refractivity contribution in [3.05, 3.63) is 82.3 Å². The molecule has 40 heavy (non-hydrogen) atoms. The quantitative estimate of drug-likeness (QED) is 0.179. The molecule has 0 saturated heterocycles. The van der Waals surface area contributed by atoms with E-state index in [0.29, 0.717) is 16.1 Å². The lowest BCUT2D eigenvalue weighted by atomic mass is 10.0. The minimum atomic E-state index is -2.97. The van der Waals surface area contributed by atoms with Crippen LogP contribution in [0.1, 0.15) is 18.2 Å². The molecule has 4 aromatic heterocycles. The van der Waals surface area contributed by atoms with Gasteiger partial charge in [0.2, 0.25) is 5.69 Å². The molecule has 0 amide bonds. The van der Waals surface area contributed by atoms with Gasteiger partial charge in [-0.2, -0.15) is 27.0 Å². The average Bonchev–Trinajstić information content (AvgIpc) is 3.65. The van der Waals surface area contributed by atoms with Gasteiger partial charge < -0.3 is 14.5 Å². The van der Waals surface area contributed by atoms with E-state index in [9.17, 15) is 14.0 Å². The predicted octanol–water partition coefficient (Wildman–Crippen LogP) is 4.34. The molecule has 5 aromatic rings. The summed E-state index contributed by atoms with van der Waals surface area (Å²) < 4.78 is 50.0. The van der Waals surface area contributed by atoms with Gasteiger partial charge in [0.1, 0.15) is 17.4 Å². The number of aromatic nitrogens is 9. The molecule has 4 heterocycles. The van der Waals surface area contributed by atoms with Gasteiger partial charge in [-0.3, -0.25) is 0 Å². The van der Waals surface area contributed by atoms with Gasteiger partial charge in [0, 0.05) is 25.7 Å². The maximum absolute atomic E-state index is 15.3. The maximum Gasteiger partial charge on any atom is 0.345 e. The molecule has 0 radical (unpaired) electrons. The summed E-state index contributed by atoms with van der Waals surface area (Å²) in [5.74, 6) is -0.778. The van der Waals surface area contributed by atoms with Crippen LogP contribution in [-0.4, -0.2) is 52.8 Å². The Morgan fingerprint density at radius 2 is 1.93 bits per heavy atom. The number of rotatable bonds is 9. The third-order valence-corrected chi connectivity index (χ3v) is 6.40. The topological polar surface area (TPSA) is 115 Å². The monoisotopic (exact) mass is 613 g/mol. The number of hydrogen-bond donors (Lipinski definition) is 0. The molecule has 0 unspecified atom stereocenters. The summed E-state index contributed by atoms with van der Waals surface area (Å²) >= 11 is 11.9. The highest BCUT2D eigenvalue weighted by molar-refractivity contribution is 7.59. The van der Waals surface area contributed by atoms with Crippen molar-refractivity contribution < 1.29 is 22.6 Å². The SMILES string of the molecule is Cn1nncc1-c1cn([C@@H](CCOC(F)F)c2ccc(-c3c(-n4cc(Cl)nn4)ccc(Cl)c3F)c[n+]2[O-])cn1.S. The van der Waals surface area contributed by atoms with E-state index in [1.165, 1.54) is 52.4 Å². The fourth-order valence-corrected chi connectivity index (χ4v) is 4.43. The smallest absolute Gasteiger partial charge is 0.345 e. The maximum atomic E-state index is 15.3. The van der Waals surface area contributed by atoms with E-state index >= 15 is 4.39 Å². The molecule has 0 N–H and O–H groups in total. The van der Waals surface area contributed by atoms with Crippen molar-refractivity contribution in [1.82, 2.24) is 39.5 Å². The van der Waals surface area contributed by atoms with Crippen molar-refractivity contribution >= 4 is 36.7 Å². The van der Waals surface area contributed by atoms with Gasteiger partial charge in [0.15, 0.2) is 17.2 Å². The van der Waals surface area contributed by atoms with Crippen LogP contribution in [0.15, 0.2) is 55.4 Å². The van der Waals surface area contributed by atoms with Crippen molar-refractivity contribution in [3.8, 4) is 28.2 Å². The largest absolute Gasteiger partial charge is 0.618 e. The molecule has 0 bridgehead atoms. The van der Waals surface area contributed by atoms with Crippen molar-refractivity contribution in [1.29, 1.82) is 0 Å². The summed E-state index contributed by atoms with van der Waals surface area (Å²) in [6.07, 6.45) is 7.18. The van der Waals surface area contributed by atoms with Crippen molar-refractivity contribution in [3.63, 3.8) is 0 Å². The summed E-state index contributed by atoms with van der Waals surface area (Å²) in [7, 11) is 1.69. The molecule has 0 saturated carbocycles. The van der Waals surface area contributed by atoms with E-state index in [1.54, 1.807) is 17.8 Å². The van der Waals surface area contributed by atoms with Crippen LogP contribution in [0.25, 0.3) is 28.2 Å². The highest BCUT2D eigenvalue weighted by Gasteiger charge is 2.26. The first-order chi connectivity index (χ1) is 18.7. The third kappa shape index (κ3) is 5.91. The zero-order valence-electron chi connectivity index (χ0n) is 20.5. The molecule has 1 aromatic carbocycles. The van der Waals surface area contributed by atoms with Crippen LogP contribution >= 0.6 is 36.7 Å². The summed E-state index contributed by atoms with van der Waals surface area (Å²) in [6.45, 7) is -3.31. The molecule has 210 valence electrons. The van der Waals surface area contributed by atoms with Crippen LogP contribution < -0.4 is 4.73 Å². The zero-order valence-corrected chi connectivity index (χ0v) is 23.0. The number of benzene rings is 1. The van der Waals surface area contributed by atoms with Gasteiger partial charge in [-0.05, 0) is 18.2 Å². The van der Waals surface area contributed by atoms with Gasteiger partial charge in [0.25, 0.3) is 0 Å². The van der Waals surface area contributed by atoms with Crippen molar-refractivity contribution in [2.45, 2.75) is 19.1 Å². The number of ether oxygens (including phenoxy) is 1. The fourth-order valence-electron chi connectivity index (χ4n) is 4.15. The van der Waals surface area contributed by atoms with E-state index in [-0.39, 0.29) is 59.2 Å². The Morgan fingerprint density at radius 3 is 2.58 bits per heavy atom. The van der Waals surface area contributed by atoms with E-state index in [4.69, 9.17) is 23.2 Å². The van der Waals surface area contributed by atoms with Gasteiger partial charge >= 0.3 is 6.61 Å². The predicted molar refractivity (Wildman–Crippen MR) is 143 cm³/mol. The van der Waals surface area contributed by atoms with Gasteiger partial charge in [-0.1, -0.05) is 33.6 Å². The lowest BCUT2D eigenvalue weighted by molar-refractivity contribution is -0.615. The Morgan fingerprint density at radius 1 is 1.12 bits per heavy atom. The minimum Gasteiger partial charge on any atom is -0.618 e. The molecule has 1 atom stereocenters. The van der Waals surface area contributed by atoms with Crippen LogP contribution in [-0.2, 0) is 11.8 Å². The summed E-state index contributed by atoms with van der Waals surface area (Å²) in [4.78, 5) is 4.34. The van der Waals surface area contributed by atoms with Gasteiger partial charge in [-0.25, -0.2) is 18.7 Å². The molecule has 0 spiro atoms. The van der Waals surface area contributed by atoms with E-state index in [1.807, 2.05) is 0 Å². The second-order valence-electron chi connectivity index (χ2n) is 8.29. The van der Waals surface area contributed by atoms with E-state index in [0.717, 1.165) is 6.20 Å². The summed E-state index contributed by atoms with van der Waals surface area (Å²) in [5.41, 5.74) is 1.72. The molecule has 0 aliphatic carbocycles. The third-order valence-electron chi connectivity index (χ3n) is 5.93. The number of nitrogens with zero attached hydrogens (tertiary/aromatic N) is 9. The Hall–Kier alpha value is -3.66. The second-order valence-corrected chi connectivity index (χ2v) is 9.09. The molecular weight excluding hydrogens is 594 g/mol. The highest BCUT2D eigenvalue weighted by atomic mass is 35.5. The normalized spacial score (nSPS) is 12.1. The molecule has 0 aliphatic heterocycles. The lowest BCUT2D eigenvalue weighted by Crippen LogP contribution is -2.35. The van der Waals surface area contributed by atoms with Gasteiger partial charge in [0.05, 0.1) is 47.2 Å². The van der Waals surface area contributed by atoms with E-state index < -0.39 is 18.5 Å². The number of aryl methyl sites for hydroxylation is 1. The minimum absolute atomic E-state index is 0. The fraction of sp³-hybridized carbons (Fsp3) is 0.217. The molecule has 11 nitrogen and oxygen atoms in total. The zero-order chi connectivity index (χ0) is 27.7. The van der Waals surface area contributed by atoms with Gasteiger partial charge in [-0.15, -0.1) is 10.2 Å². The molecular formula is C23H20Cl2F3N9O2S. The highest BCUT2D eigenvalue weighted by Crippen LogP contribution is 2.34. The van der Waals surface area contributed by atoms with Crippen LogP contribution in [0.4, 0.5) is 13.2 Å². The molecule has 5 rings (SSSR count). The first-order valence-corrected chi connectivity index (χ1v) is 12.1. The number of hydrogen-bond acceptors (Lipinski definition) is 7. The first-order valence-electron chi connectivity index (χ1n) is 11.3. The summed E-state index contributed by atoms with van der Waals surface area (Å²) in [5, 5.41) is 28.5. The lowest BCUT2D eigenvalue weighted by Gasteiger charge is -2.19. The number of halogens is 5. The number of alkyl halides is 2. The van der Waals surface area contributed by atoms with Crippen LogP contribution in [0.3, 0.4) is 0 Å². The molecule has 0 aliphatic rings. The Bertz CT molecular complexity index is 1630. The Kier molecular flexibility index (Phi) is 8.98. The first kappa shape index (κ1) is 29.3. The number of imidazole rings is 1. The summed E-state index contributed by atoms with van der Waals surface area (Å²) in [6, 6.07) is 5.09. The molecule has 17 heteroatoms. The Balaban J connectivity index is 0.00000370. The van der Waals surface area contributed by atoms with Crippen LogP contribution in [0.2, 0.25) is 10.2 Å². The average molecular weight is 614 g/mol. The van der Waals surface area contributed by atoms with Crippen molar-refractivity contribution in [2.75, 3.05) is 6.61 Å². The number of pyridine rings is 1. The Labute approximate surface area is 241 Å². The van der Waals surface area contributed by atoms with Crippen LogP contribution in [0.5, 0.6) is 0 Å². The van der Waals surface area contributed by atoms with Crippen LogP contribution in [0, 0.1) is 11.0 Å². The standard InChI is InChI=1S/C23H18Cl2F3N9O2.H2S/c1-34-19(8-30-32-34)15-10-35(12-29-15)16(6-7-39-23(27)28)17-4-2-13(9-37(17)38)21-18(5-3-14(24)22(21)26)36-11-20(25)31-33-36;/h2-5,8-12,16,23H,6-7H2,1H3;1H2/t16-;/m0./s1.